The molecule has 0 spiro atoms. The van der Waals surface area contributed by atoms with Crippen LogP contribution in [0.5, 0.6) is 0 Å². The van der Waals surface area contributed by atoms with E-state index in [4.69, 9.17) is 11.6 Å². The number of aliphatic imine (C=N–C) groups is 1. The topological polar surface area (TPSA) is 54.2 Å². The average molecular weight is 425 g/mol. The average Bonchev–Trinajstić information content (AvgIpc) is 2.77. The van der Waals surface area contributed by atoms with E-state index in [-0.39, 0.29) is 11.8 Å². The molecule has 2 heterocycles. The number of hydrogen-bond acceptors (Lipinski definition) is 3. The van der Waals surface area contributed by atoms with Gasteiger partial charge in [0.1, 0.15) is 0 Å². The SMILES string of the molecule is O=C1c2ccccc2[C@H](C=NCCC[NH+]2CCCCC2)C(=O)N1c1ccccc1Cl. The molecule has 2 aromatic rings. The van der Waals surface area contributed by atoms with Crippen LogP contribution in [0.3, 0.4) is 0 Å². The normalized spacial score (nSPS) is 20.0. The molecular formula is C24H27ClN3O2+. The lowest BCUT2D eigenvalue weighted by atomic mass is 9.89. The second-order valence-electron chi connectivity index (χ2n) is 7.96. The number of quaternary nitrogens is 1. The Bertz CT molecular complexity index is 953. The van der Waals surface area contributed by atoms with Crippen LogP contribution >= 0.6 is 11.6 Å². The van der Waals surface area contributed by atoms with Crippen LogP contribution in [0.4, 0.5) is 5.69 Å². The number of carbonyl (C=O) groups is 2. The van der Waals surface area contributed by atoms with Crippen LogP contribution in [0.2, 0.25) is 5.02 Å². The van der Waals surface area contributed by atoms with E-state index >= 15 is 0 Å². The first kappa shape index (κ1) is 20.8. The number of nitrogens with zero attached hydrogens (tertiary/aromatic N) is 2. The van der Waals surface area contributed by atoms with Gasteiger partial charge in [-0.1, -0.05) is 41.9 Å². The zero-order chi connectivity index (χ0) is 20.9. The summed E-state index contributed by atoms with van der Waals surface area (Å²) in [6.07, 6.45) is 6.70. The highest BCUT2D eigenvalue weighted by atomic mass is 35.5. The maximum atomic E-state index is 13.3. The Morgan fingerprint density at radius 3 is 2.57 bits per heavy atom. The summed E-state index contributed by atoms with van der Waals surface area (Å²) in [5, 5.41) is 0.374. The van der Waals surface area contributed by atoms with Crippen molar-refractivity contribution in [2.75, 3.05) is 31.1 Å². The highest BCUT2D eigenvalue weighted by Gasteiger charge is 2.39. The molecule has 5 nitrogen and oxygen atoms in total. The minimum atomic E-state index is -0.586. The third-order valence-electron chi connectivity index (χ3n) is 5.94. The van der Waals surface area contributed by atoms with Crippen LogP contribution in [0.15, 0.2) is 53.5 Å². The number of para-hydroxylation sites is 1. The number of hydrogen-bond donors (Lipinski definition) is 1. The van der Waals surface area contributed by atoms with Gasteiger partial charge in [-0.3, -0.25) is 14.6 Å². The fraction of sp³-hybridized carbons (Fsp3) is 0.375. The lowest BCUT2D eigenvalue weighted by molar-refractivity contribution is -0.904. The number of halogens is 1. The van der Waals surface area contributed by atoms with E-state index in [1.165, 1.54) is 37.3 Å². The van der Waals surface area contributed by atoms with Crippen LogP contribution < -0.4 is 9.80 Å². The summed E-state index contributed by atoms with van der Waals surface area (Å²) in [5.74, 6) is -1.24. The summed E-state index contributed by atoms with van der Waals surface area (Å²) in [7, 11) is 0. The summed E-state index contributed by atoms with van der Waals surface area (Å²) >= 11 is 6.30. The van der Waals surface area contributed by atoms with Gasteiger partial charge in [0.15, 0.2) is 0 Å². The number of piperidine rings is 1. The second kappa shape index (κ2) is 9.54. The maximum Gasteiger partial charge on any atom is 0.265 e. The van der Waals surface area contributed by atoms with Gasteiger partial charge in [-0.05, 0) is 43.0 Å². The molecule has 2 aliphatic rings. The van der Waals surface area contributed by atoms with Crippen molar-refractivity contribution in [3.63, 3.8) is 0 Å². The zero-order valence-electron chi connectivity index (χ0n) is 17.0. The molecule has 30 heavy (non-hydrogen) atoms. The summed E-state index contributed by atoms with van der Waals surface area (Å²) in [6, 6.07) is 14.2. The molecule has 1 N–H and O–H groups in total. The molecule has 0 aliphatic carbocycles. The molecule has 4 rings (SSSR count). The first-order valence-corrected chi connectivity index (χ1v) is 11.1. The molecule has 1 atom stereocenters. The molecule has 0 bridgehead atoms. The van der Waals surface area contributed by atoms with E-state index in [1.54, 1.807) is 41.4 Å². The van der Waals surface area contributed by atoms with Crippen molar-refractivity contribution in [1.82, 2.24) is 0 Å². The summed E-state index contributed by atoms with van der Waals surface area (Å²) in [6.45, 7) is 4.33. The molecule has 2 aliphatic heterocycles. The summed E-state index contributed by atoms with van der Waals surface area (Å²) < 4.78 is 0. The van der Waals surface area contributed by atoms with E-state index in [0.717, 1.165) is 13.0 Å². The number of nitrogens with one attached hydrogen (secondary N) is 1. The quantitative estimate of drug-likeness (QED) is 0.440. The molecule has 2 aromatic carbocycles. The monoisotopic (exact) mass is 424 g/mol. The lowest BCUT2D eigenvalue weighted by Gasteiger charge is -2.31. The molecule has 2 amide bonds. The van der Waals surface area contributed by atoms with Gasteiger partial charge in [0.05, 0.1) is 36.3 Å². The molecule has 1 saturated heterocycles. The van der Waals surface area contributed by atoms with Crippen LogP contribution in [0.25, 0.3) is 0 Å². The Kier molecular flexibility index (Phi) is 6.60. The van der Waals surface area contributed by atoms with Gasteiger partial charge in [0.25, 0.3) is 5.91 Å². The van der Waals surface area contributed by atoms with Gasteiger partial charge < -0.3 is 4.90 Å². The van der Waals surface area contributed by atoms with Crippen molar-refractivity contribution < 1.29 is 14.5 Å². The number of carbonyl (C=O) groups excluding carboxylic acids is 2. The first-order valence-electron chi connectivity index (χ1n) is 10.7. The van der Waals surface area contributed by atoms with Crippen molar-refractivity contribution >= 4 is 35.3 Å². The number of amides is 2. The fourth-order valence-corrected chi connectivity index (χ4v) is 4.58. The molecular weight excluding hydrogens is 398 g/mol. The standard InChI is InChI=1S/C24H26ClN3O2/c25-21-11-4-5-12-22(21)28-23(29)19-10-3-2-9-18(19)20(24(28)30)17-26-13-8-16-27-14-6-1-7-15-27/h2-5,9-12,17,20H,1,6-8,13-16H2/p+1/t20-/m0/s1. The highest BCUT2D eigenvalue weighted by Crippen LogP contribution is 2.35. The Morgan fingerprint density at radius 2 is 1.77 bits per heavy atom. The van der Waals surface area contributed by atoms with Crippen molar-refractivity contribution in [1.29, 1.82) is 0 Å². The van der Waals surface area contributed by atoms with Gasteiger partial charge in [0, 0.05) is 24.7 Å². The zero-order valence-corrected chi connectivity index (χ0v) is 17.8. The number of benzene rings is 2. The van der Waals surface area contributed by atoms with Crippen LogP contribution in [0, 0.1) is 0 Å². The molecule has 156 valence electrons. The molecule has 0 unspecified atom stereocenters. The molecule has 1 fully saturated rings. The third kappa shape index (κ3) is 4.32. The van der Waals surface area contributed by atoms with Crippen molar-refractivity contribution in [3.05, 3.63) is 64.7 Å². The first-order chi connectivity index (χ1) is 14.7. The van der Waals surface area contributed by atoms with Crippen molar-refractivity contribution in [3.8, 4) is 0 Å². The van der Waals surface area contributed by atoms with E-state index in [2.05, 4.69) is 4.99 Å². The Labute approximate surface area is 182 Å². The van der Waals surface area contributed by atoms with Gasteiger partial charge in [0.2, 0.25) is 5.91 Å². The van der Waals surface area contributed by atoms with Gasteiger partial charge in [-0.15, -0.1) is 0 Å². The van der Waals surface area contributed by atoms with Crippen molar-refractivity contribution in [2.24, 2.45) is 4.99 Å². The van der Waals surface area contributed by atoms with Gasteiger partial charge in [-0.2, -0.15) is 0 Å². The van der Waals surface area contributed by atoms with Crippen molar-refractivity contribution in [2.45, 2.75) is 31.6 Å². The predicted octanol–water partition coefficient (Wildman–Crippen LogP) is 3.14. The predicted molar refractivity (Wildman–Crippen MR) is 120 cm³/mol. The molecule has 0 aromatic heterocycles. The fourth-order valence-electron chi connectivity index (χ4n) is 4.36. The minimum absolute atomic E-state index is 0.308. The number of anilines is 1. The molecule has 6 heteroatoms. The highest BCUT2D eigenvalue weighted by molar-refractivity contribution is 6.37. The minimum Gasteiger partial charge on any atom is -0.335 e. The van der Waals surface area contributed by atoms with E-state index in [1.807, 2.05) is 18.2 Å². The number of rotatable bonds is 6. The van der Waals surface area contributed by atoms with E-state index < -0.39 is 5.92 Å². The van der Waals surface area contributed by atoms with Gasteiger partial charge in [-0.25, -0.2) is 4.90 Å². The summed E-state index contributed by atoms with van der Waals surface area (Å²) in [4.78, 5) is 33.8. The number of imide groups is 1. The Balaban J connectivity index is 1.52. The molecule has 0 radical (unpaired) electrons. The van der Waals surface area contributed by atoms with E-state index in [9.17, 15) is 9.59 Å². The Morgan fingerprint density at radius 1 is 1.03 bits per heavy atom. The van der Waals surface area contributed by atoms with Crippen LogP contribution in [0.1, 0.15) is 47.5 Å². The number of likely N-dealkylation sites (tertiary alicyclic amines) is 1. The maximum absolute atomic E-state index is 13.3. The Hall–Kier alpha value is -2.50. The molecule has 0 saturated carbocycles. The largest absolute Gasteiger partial charge is 0.335 e. The summed E-state index contributed by atoms with van der Waals surface area (Å²) in [5.41, 5.74) is 1.64. The van der Waals surface area contributed by atoms with Gasteiger partial charge >= 0.3 is 0 Å². The van der Waals surface area contributed by atoms with E-state index in [0.29, 0.717) is 28.4 Å². The van der Waals surface area contributed by atoms with Crippen LogP contribution in [-0.2, 0) is 4.79 Å². The third-order valence-corrected chi connectivity index (χ3v) is 6.26. The lowest BCUT2D eigenvalue weighted by Crippen LogP contribution is -3.12. The number of fused-ring (bicyclic) bond motifs is 1. The second-order valence-corrected chi connectivity index (χ2v) is 8.37. The smallest absolute Gasteiger partial charge is 0.265 e. The van der Waals surface area contributed by atoms with Crippen LogP contribution in [-0.4, -0.2) is 44.2 Å².